The van der Waals surface area contributed by atoms with Crippen molar-refractivity contribution in [3.05, 3.63) is 70.8 Å². The average Bonchev–Trinajstić information content (AvgIpc) is 2.82. The number of alkyl halides is 6. The number of carbonyl (C=O) groups is 3. The predicted molar refractivity (Wildman–Crippen MR) is 124 cm³/mol. The highest BCUT2D eigenvalue weighted by Gasteiger charge is 2.46. The van der Waals surface area contributed by atoms with Crippen LogP contribution < -0.4 is 11.5 Å². The van der Waals surface area contributed by atoms with E-state index in [2.05, 4.69) is 0 Å². The minimum Gasteiger partial charge on any atom is -0.365 e. The predicted octanol–water partition coefficient (Wildman–Crippen LogP) is 3.95. The molecule has 1 fully saturated rings. The molecule has 4 amide bonds. The van der Waals surface area contributed by atoms with E-state index in [1.165, 1.54) is 11.9 Å². The molecule has 0 aromatic heterocycles. The molecule has 1 aliphatic rings. The van der Waals surface area contributed by atoms with E-state index >= 15 is 0 Å². The van der Waals surface area contributed by atoms with Gasteiger partial charge in [-0.05, 0) is 30.2 Å². The Bertz CT molecular complexity index is 1170. The Balaban J connectivity index is 2.03. The summed E-state index contributed by atoms with van der Waals surface area (Å²) in [5.41, 5.74) is 7.71. The molecule has 0 aliphatic carbocycles. The molecule has 1 aliphatic heterocycles. The molecule has 7 nitrogen and oxygen atoms in total. The van der Waals surface area contributed by atoms with Crippen molar-refractivity contribution in [1.82, 2.24) is 4.90 Å². The van der Waals surface area contributed by atoms with E-state index in [1.54, 1.807) is 30.3 Å². The van der Waals surface area contributed by atoms with Crippen molar-refractivity contribution < 1.29 is 45.2 Å². The summed E-state index contributed by atoms with van der Waals surface area (Å²) in [6, 6.07) is 7.37. The number of primary amides is 2. The number of likely N-dealkylation sites (N-methyl/N-ethyl adjacent to an activating group) is 1. The van der Waals surface area contributed by atoms with Crippen LogP contribution in [0, 0.1) is 0 Å². The second kappa shape index (κ2) is 10.6. The molecule has 0 radical (unpaired) electrons. The summed E-state index contributed by atoms with van der Waals surface area (Å²) in [7, 11) is 1.43. The van der Waals surface area contributed by atoms with Gasteiger partial charge >= 0.3 is 18.4 Å². The molecule has 3 rings (SSSR count). The molecule has 2 aromatic carbocycles. The zero-order chi connectivity index (χ0) is 28.5. The Morgan fingerprint density at radius 1 is 0.947 bits per heavy atom. The van der Waals surface area contributed by atoms with Crippen molar-refractivity contribution in [2.45, 2.75) is 43.7 Å². The van der Waals surface area contributed by atoms with Crippen LogP contribution in [-0.2, 0) is 23.6 Å². The lowest BCUT2D eigenvalue weighted by atomic mass is 9.89. The molecule has 13 heteroatoms. The second-order valence-electron chi connectivity index (χ2n) is 9.55. The number of urea groups is 1. The number of amides is 4. The minimum absolute atomic E-state index is 0.0376. The fraction of sp³-hybridized carbons (Fsp3) is 0.400. The van der Waals surface area contributed by atoms with Crippen LogP contribution in [0.1, 0.15) is 39.9 Å². The summed E-state index contributed by atoms with van der Waals surface area (Å²) < 4.78 is 79.8. The summed E-state index contributed by atoms with van der Waals surface area (Å²) in [6.07, 6.45) is -9.82. The Labute approximate surface area is 214 Å². The van der Waals surface area contributed by atoms with E-state index in [0.29, 0.717) is 12.1 Å². The summed E-state index contributed by atoms with van der Waals surface area (Å²) in [4.78, 5) is 38.6. The summed E-state index contributed by atoms with van der Waals surface area (Å²) >= 11 is 0. The van der Waals surface area contributed by atoms with Crippen LogP contribution in [-0.4, -0.2) is 59.4 Å². The maximum Gasteiger partial charge on any atom is 0.416 e. The molecule has 0 spiro atoms. The van der Waals surface area contributed by atoms with Crippen molar-refractivity contribution in [2.24, 2.45) is 11.5 Å². The summed E-state index contributed by atoms with van der Waals surface area (Å²) in [6.45, 7) is -0.507. The maximum absolute atomic E-state index is 13.4. The molecule has 0 saturated carbocycles. The van der Waals surface area contributed by atoms with Crippen molar-refractivity contribution >= 4 is 17.8 Å². The van der Waals surface area contributed by atoms with Gasteiger partial charge in [0.15, 0.2) is 6.54 Å². The molecule has 4 N–H and O–H groups in total. The zero-order valence-corrected chi connectivity index (χ0v) is 20.4. The van der Waals surface area contributed by atoms with Crippen molar-refractivity contribution in [2.75, 3.05) is 20.1 Å². The van der Waals surface area contributed by atoms with Crippen LogP contribution in [0.5, 0.6) is 0 Å². The largest absolute Gasteiger partial charge is 0.416 e. The van der Waals surface area contributed by atoms with Gasteiger partial charge in [-0.25, -0.2) is 9.28 Å². The summed E-state index contributed by atoms with van der Waals surface area (Å²) in [5.74, 6) is -1.79. The molecule has 38 heavy (non-hydrogen) atoms. The number of quaternary nitrogens is 1. The van der Waals surface area contributed by atoms with Crippen LogP contribution in [0.4, 0.5) is 31.1 Å². The van der Waals surface area contributed by atoms with Crippen LogP contribution in [0.3, 0.4) is 0 Å². The maximum atomic E-state index is 13.4. The number of rotatable bonds is 6. The quantitative estimate of drug-likeness (QED) is 0.424. The smallest absolute Gasteiger partial charge is 0.365 e. The van der Waals surface area contributed by atoms with Crippen molar-refractivity contribution in [1.29, 1.82) is 0 Å². The highest BCUT2D eigenvalue weighted by molar-refractivity contribution is 5.95. The van der Waals surface area contributed by atoms with Crippen LogP contribution in [0.2, 0.25) is 0 Å². The number of benzene rings is 2. The number of hydrogen-bond acceptors (Lipinski definition) is 3. The molecular formula is C25H27F6N4O3+. The van der Waals surface area contributed by atoms with Gasteiger partial charge in [0.1, 0.15) is 6.04 Å². The standard InChI is InChI=1S/C25H26F6N4O3/c1-35(23(33)38,14-21(32)36)20-7-8-34(19(13-20)9-15-5-3-2-4-6-15)22(37)16-10-17(24(26,27)28)12-18(11-16)25(29,30)31/h2-6,10-12,19-20H,7-9,13-14H2,1H3,(H3-,32,33,36,38)/p+1/t19-,20+,35?/m1/s1. The molecule has 1 saturated heterocycles. The monoisotopic (exact) mass is 545 g/mol. The Hall–Kier alpha value is -3.61. The third-order valence-corrected chi connectivity index (χ3v) is 6.89. The summed E-state index contributed by atoms with van der Waals surface area (Å²) in [5, 5.41) is 0. The van der Waals surface area contributed by atoms with E-state index in [0.717, 1.165) is 5.56 Å². The van der Waals surface area contributed by atoms with Gasteiger partial charge in [0.2, 0.25) is 0 Å². The number of nitrogens with zero attached hydrogens (tertiary/aromatic N) is 2. The fourth-order valence-corrected chi connectivity index (χ4v) is 4.85. The highest BCUT2D eigenvalue weighted by Crippen LogP contribution is 2.37. The first-order valence-corrected chi connectivity index (χ1v) is 11.6. The SMILES string of the molecule is C[N+](CC(N)=O)(C(N)=O)[C@H]1CCN(C(=O)c2cc(C(F)(F)F)cc(C(F)(F)F)c2)[C@H](Cc2ccccc2)C1. The fourth-order valence-electron chi connectivity index (χ4n) is 4.85. The van der Waals surface area contributed by atoms with E-state index in [1.807, 2.05) is 0 Å². The molecule has 0 bridgehead atoms. The minimum atomic E-state index is -5.11. The Morgan fingerprint density at radius 3 is 1.97 bits per heavy atom. The van der Waals surface area contributed by atoms with E-state index in [9.17, 15) is 40.7 Å². The van der Waals surface area contributed by atoms with Crippen LogP contribution >= 0.6 is 0 Å². The topological polar surface area (TPSA) is 106 Å². The average molecular weight is 546 g/mol. The molecule has 1 unspecified atom stereocenters. The molecular weight excluding hydrogens is 518 g/mol. The number of carbonyl (C=O) groups excluding carboxylic acids is 3. The van der Waals surface area contributed by atoms with Gasteiger partial charge in [0, 0.05) is 31.0 Å². The third kappa shape index (κ3) is 6.44. The number of likely N-dealkylation sites (tertiary alicyclic amines) is 1. The Morgan fingerprint density at radius 2 is 1.50 bits per heavy atom. The Kier molecular flexibility index (Phi) is 8.10. The molecule has 2 aromatic rings. The van der Waals surface area contributed by atoms with Gasteiger partial charge in [-0.1, -0.05) is 30.3 Å². The number of hydrogen-bond donors (Lipinski definition) is 2. The lowest BCUT2D eigenvalue weighted by Crippen LogP contribution is -2.65. The zero-order valence-electron chi connectivity index (χ0n) is 20.4. The number of nitrogens with two attached hydrogens (primary N) is 2. The lowest BCUT2D eigenvalue weighted by molar-refractivity contribution is -0.849. The highest BCUT2D eigenvalue weighted by atomic mass is 19.4. The first-order valence-electron chi connectivity index (χ1n) is 11.6. The second-order valence-corrected chi connectivity index (χ2v) is 9.55. The van der Waals surface area contributed by atoms with Gasteiger partial charge in [-0.3, -0.25) is 9.59 Å². The first-order chi connectivity index (χ1) is 17.5. The van der Waals surface area contributed by atoms with Crippen LogP contribution in [0.25, 0.3) is 0 Å². The molecule has 3 atom stereocenters. The van der Waals surface area contributed by atoms with Gasteiger partial charge in [0.05, 0.1) is 18.2 Å². The molecule has 206 valence electrons. The van der Waals surface area contributed by atoms with Gasteiger partial charge in [-0.15, -0.1) is 0 Å². The van der Waals surface area contributed by atoms with E-state index < -0.39 is 70.0 Å². The van der Waals surface area contributed by atoms with Gasteiger partial charge in [-0.2, -0.15) is 26.3 Å². The van der Waals surface area contributed by atoms with E-state index in [-0.39, 0.29) is 31.9 Å². The van der Waals surface area contributed by atoms with Crippen LogP contribution in [0.15, 0.2) is 48.5 Å². The lowest BCUT2D eigenvalue weighted by Gasteiger charge is -2.45. The number of piperidine rings is 1. The number of halogens is 6. The third-order valence-electron chi connectivity index (χ3n) is 6.89. The molecule has 1 heterocycles. The van der Waals surface area contributed by atoms with Gasteiger partial charge in [0.25, 0.3) is 11.8 Å². The van der Waals surface area contributed by atoms with E-state index in [4.69, 9.17) is 11.5 Å². The van der Waals surface area contributed by atoms with Crippen molar-refractivity contribution in [3.63, 3.8) is 0 Å². The first kappa shape index (κ1) is 29.0. The van der Waals surface area contributed by atoms with Crippen molar-refractivity contribution in [3.8, 4) is 0 Å². The normalized spacial score (nSPS) is 20.0. The van der Waals surface area contributed by atoms with Gasteiger partial charge < -0.3 is 16.4 Å².